The number of ketones is 1. The summed E-state index contributed by atoms with van der Waals surface area (Å²) < 4.78 is 13.2. The molecule has 1 unspecified atom stereocenters. The predicted molar refractivity (Wildman–Crippen MR) is 53.6 cm³/mol. The Hall–Kier alpha value is -1.22. The predicted octanol–water partition coefficient (Wildman–Crippen LogP) is 2.14. The molecule has 0 amide bonds. The van der Waals surface area contributed by atoms with Crippen molar-refractivity contribution >= 4 is 5.78 Å². The molecule has 2 nitrogen and oxygen atoms in total. The SMILES string of the molecule is CCCC(N)C(=O)c1ccccc1F. The van der Waals surface area contributed by atoms with Crippen LogP contribution in [0, 0.1) is 5.82 Å². The van der Waals surface area contributed by atoms with Gasteiger partial charge in [-0.3, -0.25) is 4.79 Å². The molecule has 1 aromatic rings. The van der Waals surface area contributed by atoms with Crippen molar-refractivity contribution < 1.29 is 9.18 Å². The molecular weight excluding hydrogens is 181 g/mol. The topological polar surface area (TPSA) is 43.1 Å². The van der Waals surface area contributed by atoms with Gasteiger partial charge in [0, 0.05) is 0 Å². The molecule has 1 aromatic carbocycles. The second kappa shape index (κ2) is 4.86. The van der Waals surface area contributed by atoms with Crippen LogP contribution in [0.25, 0.3) is 0 Å². The molecule has 3 heteroatoms. The Balaban J connectivity index is 2.84. The number of hydrogen-bond donors (Lipinski definition) is 1. The van der Waals surface area contributed by atoms with Gasteiger partial charge in [0.1, 0.15) is 5.82 Å². The fraction of sp³-hybridized carbons (Fsp3) is 0.364. The van der Waals surface area contributed by atoms with E-state index in [0.29, 0.717) is 6.42 Å². The van der Waals surface area contributed by atoms with E-state index in [1.807, 2.05) is 6.92 Å². The number of hydrogen-bond acceptors (Lipinski definition) is 2. The Morgan fingerprint density at radius 1 is 1.50 bits per heavy atom. The molecule has 1 rings (SSSR count). The Morgan fingerprint density at radius 3 is 2.71 bits per heavy atom. The number of rotatable bonds is 4. The van der Waals surface area contributed by atoms with Crippen LogP contribution >= 0.6 is 0 Å². The van der Waals surface area contributed by atoms with Gasteiger partial charge in [0.25, 0.3) is 0 Å². The molecule has 76 valence electrons. The van der Waals surface area contributed by atoms with Gasteiger partial charge >= 0.3 is 0 Å². The highest BCUT2D eigenvalue weighted by molar-refractivity contribution is 6.00. The number of carbonyl (C=O) groups excluding carboxylic acids is 1. The van der Waals surface area contributed by atoms with E-state index in [1.54, 1.807) is 12.1 Å². The van der Waals surface area contributed by atoms with E-state index >= 15 is 0 Å². The molecule has 2 N–H and O–H groups in total. The first kappa shape index (κ1) is 10.9. The van der Waals surface area contributed by atoms with Gasteiger partial charge < -0.3 is 5.73 Å². The van der Waals surface area contributed by atoms with E-state index in [1.165, 1.54) is 12.1 Å². The van der Waals surface area contributed by atoms with Gasteiger partial charge in [-0.25, -0.2) is 4.39 Å². The molecule has 0 radical (unpaired) electrons. The monoisotopic (exact) mass is 195 g/mol. The molecule has 0 fully saturated rings. The standard InChI is InChI=1S/C11H14FNO/c1-2-5-10(13)11(14)8-6-3-4-7-9(8)12/h3-4,6-7,10H,2,5,13H2,1H3. The summed E-state index contributed by atoms with van der Waals surface area (Å²) in [6, 6.07) is 5.34. The van der Waals surface area contributed by atoms with Crippen LogP contribution in [0.15, 0.2) is 24.3 Å². The smallest absolute Gasteiger partial charge is 0.182 e. The Morgan fingerprint density at radius 2 is 2.14 bits per heavy atom. The van der Waals surface area contributed by atoms with Crippen LogP contribution in [0.4, 0.5) is 4.39 Å². The largest absolute Gasteiger partial charge is 0.321 e. The lowest BCUT2D eigenvalue weighted by atomic mass is 10.0. The maximum Gasteiger partial charge on any atom is 0.182 e. The zero-order valence-electron chi connectivity index (χ0n) is 8.16. The fourth-order valence-corrected chi connectivity index (χ4v) is 1.30. The van der Waals surface area contributed by atoms with Crippen LogP contribution < -0.4 is 5.73 Å². The normalized spacial score (nSPS) is 12.5. The molecule has 0 spiro atoms. The fourth-order valence-electron chi connectivity index (χ4n) is 1.30. The van der Waals surface area contributed by atoms with Crippen LogP contribution in [0.3, 0.4) is 0 Å². The molecule has 14 heavy (non-hydrogen) atoms. The van der Waals surface area contributed by atoms with E-state index in [4.69, 9.17) is 5.73 Å². The summed E-state index contributed by atoms with van der Waals surface area (Å²) in [4.78, 5) is 11.6. The maximum absolute atomic E-state index is 13.2. The first-order chi connectivity index (χ1) is 6.66. The summed E-state index contributed by atoms with van der Waals surface area (Å²) in [5, 5.41) is 0. The van der Waals surface area contributed by atoms with Crippen LogP contribution in [-0.2, 0) is 0 Å². The van der Waals surface area contributed by atoms with Crippen LogP contribution in [-0.4, -0.2) is 11.8 Å². The van der Waals surface area contributed by atoms with Gasteiger partial charge in [-0.2, -0.15) is 0 Å². The number of halogens is 1. The minimum Gasteiger partial charge on any atom is -0.321 e. The van der Waals surface area contributed by atoms with Crippen molar-refractivity contribution in [3.05, 3.63) is 35.6 Å². The summed E-state index contributed by atoms with van der Waals surface area (Å²) in [6.07, 6.45) is 1.41. The molecule has 0 saturated heterocycles. The van der Waals surface area contributed by atoms with Gasteiger partial charge in [0.05, 0.1) is 11.6 Å². The minimum absolute atomic E-state index is 0.0912. The molecule has 0 bridgehead atoms. The molecule has 0 saturated carbocycles. The van der Waals surface area contributed by atoms with E-state index in [-0.39, 0.29) is 11.3 Å². The van der Waals surface area contributed by atoms with E-state index in [0.717, 1.165) is 6.42 Å². The summed E-state index contributed by atoms with van der Waals surface area (Å²) >= 11 is 0. The molecular formula is C11H14FNO. The second-order valence-corrected chi connectivity index (χ2v) is 3.24. The number of Topliss-reactive ketones (excluding diaryl/α,β-unsaturated/α-hetero) is 1. The van der Waals surface area contributed by atoms with Crippen LogP contribution in [0.5, 0.6) is 0 Å². The average Bonchev–Trinajstić information content (AvgIpc) is 2.18. The van der Waals surface area contributed by atoms with Gasteiger partial charge in [0.15, 0.2) is 5.78 Å². The van der Waals surface area contributed by atoms with Gasteiger partial charge in [-0.05, 0) is 18.6 Å². The maximum atomic E-state index is 13.2. The number of carbonyl (C=O) groups is 1. The third-order valence-corrected chi connectivity index (χ3v) is 2.08. The van der Waals surface area contributed by atoms with Crippen LogP contribution in [0.1, 0.15) is 30.1 Å². The van der Waals surface area contributed by atoms with Crippen molar-refractivity contribution in [2.24, 2.45) is 5.73 Å². The van der Waals surface area contributed by atoms with E-state index in [9.17, 15) is 9.18 Å². The van der Waals surface area contributed by atoms with Crippen molar-refractivity contribution in [3.8, 4) is 0 Å². The Labute approximate surface area is 82.9 Å². The van der Waals surface area contributed by atoms with E-state index in [2.05, 4.69) is 0 Å². The van der Waals surface area contributed by atoms with E-state index < -0.39 is 11.9 Å². The first-order valence-electron chi connectivity index (χ1n) is 4.71. The summed E-state index contributed by atoms with van der Waals surface area (Å²) in [5.41, 5.74) is 5.70. The minimum atomic E-state index is -0.586. The van der Waals surface area contributed by atoms with Crippen LogP contribution in [0.2, 0.25) is 0 Å². The summed E-state index contributed by atoms with van der Waals surface area (Å²) in [6.45, 7) is 1.94. The molecule has 0 aromatic heterocycles. The quantitative estimate of drug-likeness (QED) is 0.748. The summed E-state index contributed by atoms with van der Waals surface area (Å²) in [7, 11) is 0. The van der Waals surface area contributed by atoms with Crippen molar-refractivity contribution in [2.45, 2.75) is 25.8 Å². The molecule has 0 aliphatic rings. The molecule has 0 aliphatic heterocycles. The highest BCUT2D eigenvalue weighted by Crippen LogP contribution is 2.10. The zero-order valence-corrected chi connectivity index (χ0v) is 8.16. The lowest BCUT2D eigenvalue weighted by Crippen LogP contribution is -2.30. The van der Waals surface area contributed by atoms with Crippen molar-refractivity contribution in [1.29, 1.82) is 0 Å². The number of nitrogens with two attached hydrogens (primary N) is 1. The lowest BCUT2D eigenvalue weighted by molar-refractivity contribution is 0.0953. The summed E-state index contributed by atoms with van der Waals surface area (Å²) in [5.74, 6) is -0.811. The first-order valence-corrected chi connectivity index (χ1v) is 4.71. The van der Waals surface area contributed by atoms with Crippen molar-refractivity contribution in [3.63, 3.8) is 0 Å². The van der Waals surface area contributed by atoms with Gasteiger partial charge in [-0.1, -0.05) is 25.5 Å². The second-order valence-electron chi connectivity index (χ2n) is 3.24. The number of benzene rings is 1. The molecule has 1 atom stereocenters. The zero-order chi connectivity index (χ0) is 10.6. The average molecular weight is 195 g/mol. The molecule has 0 heterocycles. The van der Waals surface area contributed by atoms with Gasteiger partial charge in [-0.15, -0.1) is 0 Å². The molecule has 0 aliphatic carbocycles. The Bertz CT molecular complexity index is 325. The third-order valence-electron chi connectivity index (χ3n) is 2.08. The highest BCUT2D eigenvalue weighted by Gasteiger charge is 2.17. The Kier molecular flexibility index (Phi) is 3.77. The van der Waals surface area contributed by atoms with Crippen molar-refractivity contribution in [2.75, 3.05) is 0 Å². The third kappa shape index (κ3) is 2.39. The lowest BCUT2D eigenvalue weighted by Gasteiger charge is -2.09. The van der Waals surface area contributed by atoms with Gasteiger partial charge in [0.2, 0.25) is 0 Å². The highest BCUT2D eigenvalue weighted by atomic mass is 19.1. The van der Waals surface area contributed by atoms with Crippen molar-refractivity contribution in [1.82, 2.24) is 0 Å².